The van der Waals surface area contributed by atoms with Crippen molar-refractivity contribution in [1.29, 1.82) is 0 Å². The third-order valence-corrected chi connectivity index (χ3v) is 5.45. The molecule has 0 radical (unpaired) electrons. The van der Waals surface area contributed by atoms with Crippen molar-refractivity contribution in [3.05, 3.63) is 35.5 Å². The van der Waals surface area contributed by atoms with Crippen molar-refractivity contribution in [1.82, 2.24) is 0 Å². The molecule has 6 heteroatoms. The van der Waals surface area contributed by atoms with E-state index in [0.717, 1.165) is 11.1 Å². The first-order valence-electron chi connectivity index (χ1n) is 8.93. The highest BCUT2D eigenvalue weighted by atomic mass is 16.7. The summed E-state index contributed by atoms with van der Waals surface area (Å²) in [6.07, 6.45) is 2.41. The molecule has 0 aromatic heterocycles. The first kappa shape index (κ1) is 18.9. The topological polar surface area (TPSA) is 85.4 Å². The number of carbonyl (C=O) groups excluding carboxylic acids is 2. The minimum atomic E-state index is -0.946. The lowest BCUT2D eigenvalue weighted by Crippen LogP contribution is -2.37. The van der Waals surface area contributed by atoms with Gasteiger partial charge in [0.05, 0.1) is 18.1 Å². The SMILES string of the molecule is C=C1C(=O)O[C@H]2/C=C(\C)C[C@@H](O)/C=C(\C)C[C@@H](OC(=O)[C@]3(C)O[C@H]3C)[C@@H]12. The Morgan fingerprint density at radius 1 is 1.31 bits per heavy atom. The van der Waals surface area contributed by atoms with Gasteiger partial charge in [-0.25, -0.2) is 9.59 Å². The Kier molecular flexibility index (Phi) is 4.84. The van der Waals surface area contributed by atoms with E-state index in [9.17, 15) is 14.7 Å². The Morgan fingerprint density at radius 3 is 2.54 bits per heavy atom. The Hall–Kier alpha value is -1.92. The van der Waals surface area contributed by atoms with E-state index >= 15 is 0 Å². The number of fused-ring (bicyclic) bond motifs is 1. The van der Waals surface area contributed by atoms with Crippen molar-refractivity contribution in [2.45, 2.75) is 70.6 Å². The molecule has 6 nitrogen and oxygen atoms in total. The average molecular weight is 362 g/mol. The van der Waals surface area contributed by atoms with Crippen molar-refractivity contribution < 1.29 is 28.9 Å². The Balaban J connectivity index is 1.93. The van der Waals surface area contributed by atoms with Crippen LogP contribution in [-0.2, 0) is 23.8 Å². The lowest BCUT2D eigenvalue weighted by Gasteiger charge is -2.28. The first-order valence-corrected chi connectivity index (χ1v) is 8.93. The number of hydrogen-bond donors (Lipinski definition) is 1. The van der Waals surface area contributed by atoms with Gasteiger partial charge in [0, 0.05) is 12.0 Å². The summed E-state index contributed by atoms with van der Waals surface area (Å²) in [5.41, 5.74) is 1.14. The monoisotopic (exact) mass is 362 g/mol. The predicted molar refractivity (Wildman–Crippen MR) is 94.1 cm³/mol. The number of aliphatic hydroxyl groups excluding tert-OH is 1. The highest BCUT2D eigenvalue weighted by Gasteiger charge is 2.58. The van der Waals surface area contributed by atoms with E-state index < -0.39 is 41.8 Å². The first-order chi connectivity index (χ1) is 12.1. The van der Waals surface area contributed by atoms with E-state index in [1.165, 1.54) is 0 Å². The molecule has 0 amide bonds. The number of hydrogen-bond acceptors (Lipinski definition) is 6. The van der Waals surface area contributed by atoms with Crippen molar-refractivity contribution in [3.63, 3.8) is 0 Å². The van der Waals surface area contributed by atoms with Crippen molar-refractivity contribution in [2.75, 3.05) is 0 Å². The molecule has 2 heterocycles. The van der Waals surface area contributed by atoms with Gasteiger partial charge in [0.25, 0.3) is 0 Å². The molecule has 6 atom stereocenters. The van der Waals surface area contributed by atoms with Crippen LogP contribution in [0.15, 0.2) is 35.5 Å². The molecule has 0 bridgehead atoms. The normalized spacial score (nSPS) is 44.1. The molecule has 3 rings (SSSR count). The van der Waals surface area contributed by atoms with Gasteiger partial charge in [-0.1, -0.05) is 23.8 Å². The number of rotatable bonds is 2. The number of esters is 2. The third kappa shape index (κ3) is 3.48. The van der Waals surface area contributed by atoms with Crippen LogP contribution in [0.3, 0.4) is 0 Å². The van der Waals surface area contributed by atoms with E-state index in [0.29, 0.717) is 18.4 Å². The summed E-state index contributed by atoms with van der Waals surface area (Å²) in [4.78, 5) is 24.7. The molecule has 0 spiro atoms. The van der Waals surface area contributed by atoms with Crippen LogP contribution in [-0.4, -0.2) is 47.1 Å². The maximum absolute atomic E-state index is 12.6. The van der Waals surface area contributed by atoms with E-state index in [4.69, 9.17) is 14.2 Å². The van der Waals surface area contributed by atoms with Gasteiger partial charge in [0.15, 0.2) is 5.60 Å². The van der Waals surface area contributed by atoms with Gasteiger partial charge < -0.3 is 19.3 Å². The third-order valence-electron chi connectivity index (χ3n) is 5.45. The molecule has 1 N–H and O–H groups in total. The zero-order valence-electron chi connectivity index (χ0n) is 15.7. The molecule has 142 valence electrons. The lowest BCUT2D eigenvalue weighted by molar-refractivity contribution is -0.157. The van der Waals surface area contributed by atoms with Gasteiger partial charge in [-0.05, 0) is 40.2 Å². The summed E-state index contributed by atoms with van der Waals surface area (Å²) in [5, 5.41) is 10.2. The van der Waals surface area contributed by atoms with Crippen LogP contribution in [0, 0.1) is 5.92 Å². The predicted octanol–water partition coefficient (Wildman–Crippen LogP) is 2.22. The number of epoxide rings is 1. The second-order valence-electron chi connectivity index (χ2n) is 7.73. The van der Waals surface area contributed by atoms with E-state index in [1.807, 2.05) is 26.8 Å². The molecule has 2 aliphatic heterocycles. The summed E-state index contributed by atoms with van der Waals surface area (Å²) in [7, 11) is 0. The number of ether oxygens (including phenoxy) is 3. The van der Waals surface area contributed by atoms with Gasteiger partial charge in [-0.2, -0.15) is 0 Å². The largest absolute Gasteiger partial charge is 0.459 e. The van der Waals surface area contributed by atoms with Crippen LogP contribution >= 0.6 is 0 Å². The van der Waals surface area contributed by atoms with Gasteiger partial charge >= 0.3 is 11.9 Å². The van der Waals surface area contributed by atoms with Crippen LogP contribution in [0.1, 0.15) is 40.5 Å². The molecule has 26 heavy (non-hydrogen) atoms. The van der Waals surface area contributed by atoms with Gasteiger partial charge in [-0.3, -0.25) is 0 Å². The molecule has 3 aliphatic rings. The fourth-order valence-corrected chi connectivity index (χ4v) is 3.68. The molecule has 0 aromatic rings. The van der Waals surface area contributed by atoms with Crippen molar-refractivity contribution in [3.8, 4) is 0 Å². The lowest BCUT2D eigenvalue weighted by atomic mass is 9.85. The van der Waals surface area contributed by atoms with Gasteiger partial charge in [0.2, 0.25) is 0 Å². The highest BCUT2D eigenvalue weighted by molar-refractivity contribution is 5.91. The highest BCUT2D eigenvalue weighted by Crippen LogP contribution is 2.40. The van der Waals surface area contributed by atoms with Gasteiger partial charge in [0.1, 0.15) is 12.2 Å². The molecular formula is C20H26O6. The minimum absolute atomic E-state index is 0.199. The molecule has 0 aromatic carbocycles. The van der Waals surface area contributed by atoms with E-state index in [1.54, 1.807) is 13.0 Å². The fourth-order valence-electron chi connectivity index (χ4n) is 3.68. The standard InChI is InChI=1S/C20H26O6/c1-10-6-14(21)7-11(2)9-16(25-19(23)20(5)13(4)26-20)17-12(3)18(22)24-15(17)8-10/h7-8,13-17,21H,3,6,9H2,1-2,4-5H3/b10-8+,11-7+/t13-,14+,15-,16+,17-,20+/m0/s1. The Labute approximate surface area is 153 Å². The van der Waals surface area contributed by atoms with Crippen LogP contribution in [0.25, 0.3) is 0 Å². The van der Waals surface area contributed by atoms with Crippen LogP contribution in [0.5, 0.6) is 0 Å². The van der Waals surface area contributed by atoms with Crippen molar-refractivity contribution >= 4 is 11.9 Å². The molecular weight excluding hydrogens is 336 g/mol. The summed E-state index contributed by atoms with van der Waals surface area (Å²) in [6, 6.07) is 0. The average Bonchev–Trinajstić information content (AvgIpc) is 3.04. The quantitative estimate of drug-likeness (QED) is 0.351. The second-order valence-corrected chi connectivity index (χ2v) is 7.73. The fraction of sp³-hybridized carbons (Fsp3) is 0.600. The van der Waals surface area contributed by atoms with Crippen LogP contribution < -0.4 is 0 Å². The molecule has 0 saturated carbocycles. The maximum atomic E-state index is 12.6. The van der Waals surface area contributed by atoms with Gasteiger partial charge in [-0.15, -0.1) is 0 Å². The van der Waals surface area contributed by atoms with Crippen LogP contribution in [0.4, 0.5) is 0 Å². The second kappa shape index (κ2) is 6.67. The zero-order valence-corrected chi connectivity index (χ0v) is 15.7. The zero-order chi connectivity index (χ0) is 19.2. The Bertz CT molecular complexity index is 705. The summed E-state index contributed by atoms with van der Waals surface area (Å²) >= 11 is 0. The summed E-state index contributed by atoms with van der Waals surface area (Å²) in [6.45, 7) is 11.1. The van der Waals surface area contributed by atoms with E-state index in [2.05, 4.69) is 6.58 Å². The minimum Gasteiger partial charge on any atom is -0.459 e. The van der Waals surface area contributed by atoms with Crippen molar-refractivity contribution in [2.24, 2.45) is 5.92 Å². The van der Waals surface area contributed by atoms with E-state index in [-0.39, 0.29) is 6.10 Å². The summed E-state index contributed by atoms with van der Waals surface area (Å²) < 4.78 is 16.6. The van der Waals surface area contributed by atoms with Crippen LogP contribution in [0.2, 0.25) is 0 Å². The Morgan fingerprint density at radius 2 is 1.92 bits per heavy atom. The molecule has 0 unspecified atom stereocenters. The number of carbonyl (C=O) groups is 2. The maximum Gasteiger partial charge on any atom is 0.341 e. The molecule has 2 saturated heterocycles. The molecule has 1 aliphatic carbocycles. The molecule has 2 fully saturated rings. The number of aliphatic hydroxyl groups is 1. The summed E-state index contributed by atoms with van der Waals surface area (Å²) in [5.74, 6) is -1.39. The smallest absolute Gasteiger partial charge is 0.341 e.